The van der Waals surface area contributed by atoms with Crippen LogP contribution in [0, 0.1) is 0 Å². The quantitative estimate of drug-likeness (QED) is 0.503. The largest absolute Gasteiger partial charge is 0.497 e. The van der Waals surface area contributed by atoms with E-state index in [1.807, 2.05) is 0 Å². The second-order valence-corrected chi connectivity index (χ2v) is 10.8. The van der Waals surface area contributed by atoms with E-state index in [0.29, 0.717) is 17.9 Å². The van der Waals surface area contributed by atoms with Crippen LogP contribution in [0.2, 0.25) is 0 Å². The zero-order chi connectivity index (χ0) is 23.6. The molecule has 33 heavy (non-hydrogen) atoms. The van der Waals surface area contributed by atoms with E-state index >= 15 is 0 Å². The van der Waals surface area contributed by atoms with Crippen LogP contribution in [0.4, 0.5) is 10.5 Å². The first-order chi connectivity index (χ1) is 15.7. The molecule has 0 radical (unpaired) electrons. The highest BCUT2D eigenvalue weighted by Crippen LogP contribution is 2.35. The molecule has 0 aliphatic carbocycles. The molecule has 0 saturated carbocycles. The Morgan fingerprint density at radius 1 is 1.18 bits per heavy atom. The summed E-state index contributed by atoms with van der Waals surface area (Å²) in [5.41, 5.74) is 0.597. The van der Waals surface area contributed by atoms with E-state index in [1.54, 1.807) is 36.3 Å². The lowest BCUT2D eigenvalue weighted by molar-refractivity contribution is -0.134. The van der Waals surface area contributed by atoms with Crippen LogP contribution >= 0.6 is 0 Å². The summed E-state index contributed by atoms with van der Waals surface area (Å²) in [5.74, 6) is 0.493. The number of sulfone groups is 1. The van der Waals surface area contributed by atoms with Crippen molar-refractivity contribution in [2.24, 2.45) is 0 Å². The lowest BCUT2D eigenvalue weighted by Crippen LogP contribution is -2.45. The number of nitrogens with zero attached hydrogens (tertiary/aromatic N) is 1. The molecule has 0 bridgehead atoms. The Hall–Kier alpha value is -2.41. The zero-order valence-electron chi connectivity index (χ0n) is 18.3. The van der Waals surface area contributed by atoms with Gasteiger partial charge in [0.05, 0.1) is 37.2 Å². The van der Waals surface area contributed by atoms with Crippen molar-refractivity contribution in [3.63, 3.8) is 0 Å². The number of benzene rings is 1. The third kappa shape index (κ3) is 5.75. The number of anilines is 1. The highest BCUT2D eigenvalue weighted by molar-refractivity contribution is 7.91. The summed E-state index contributed by atoms with van der Waals surface area (Å²) < 4.78 is 39.9. The molecule has 12 heteroatoms. The Morgan fingerprint density at radius 2 is 1.88 bits per heavy atom. The summed E-state index contributed by atoms with van der Waals surface area (Å²) in [4.78, 5) is 26.2. The minimum absolute atomic E-state index is 0.0158. The van der Waals surface area contributed by atoms with Gasteiger partial charge in [0.25, 0.3) is 0 Å². The zero-order valence-corrected chi connectivity index (χ0v) is 19.1. The number of fused-ring (bicyclic) bond motifs is 1. The van der Waals surface area contributed by atoms with Gasteiger partial charge in [-0.3, -0.25) is 4.79 Å². The van der Waals surface area contributed by atoms with E-state index in [4.69, 9.17) is 14.2 Å². The average molecular weight is 484 g/mol. The molecule has 0 spiro atoms. The molecule has 0 aromatic heterocycles. The number of hydrogen-bond acceptors (Lipinski definition) is 8. The third-order valence-electron chi connectivity index (χ3n) is 6.19. The lowest BCUT2D eigenvalue weighted by Gasteiger charge is -2.28. The van der Waals surface area contributed by atoms with Crippen molar-refractivity contribution in [2.75, 3.05) is 43.6 Å². The molecule has 3 saturated heterocycles. The third-order valence-corrected chi connectivity index (χ3v) is 7.80. The van der Waals surface area contributed by atoms with Crippen LogP contribution in [0.5, 0.6) is 5.75 Å². The molecule has 1 aromatic rings. The highest BCUT2D eigenvalue weighted by atomic mass is 32.2. The maximum absolute atomic E-state index is 12.5. The van der Waals surface area contributed by atoms with Crippen LogP contribution in [0.15, 0.2) is 24.3 Å². The van der Waals surface area contributed by atoms with Gasteiger partial charge in [-0.25, -0.2) is 13.2 Å². The topological polar surface area (TPSA) is 144 Å². The molecule has 3 fully saturated rings. The first-order valence-corrected chi connectivity index (χ1v) is 12.7. The second-order valence-electron chi connectivity index (χ2n) is 8.46. The fraction of sp³-hybridized carbons (Fsp3) is 0.619. The molecule has 3 aliphatic heterocycles. The summed E-state index contributed by atoms with van der Waals surface area (Å²) in [7, 11) is -1.49. The minimum Gasteiger partial charge on any atom is -0.497 e. The van der Waals surface area contributed by atoms with Crippen molar-refractivity contribution in [2.45, 2.75) is 43.4 Å². The van der Waals surface area contributed by atoms with Crippen LogP contribution in [0.1, 0.15) is 12.8 Å². The first kappa shape index (κ1) is 23.7. The monoisotopic (exact) mass is 483 g/mol. The van der Waals surface area contributed by atoms with E-state index in [1.165, 1.54) is 0 Å². The van der Waals surface area contributed by atoms with Crippen LogP contribution in [-0.2, 0) is 24.1 Å². The van der Waals surface area contributed by atoms with Gasteiger partial charge in [-0.1, -0.05) is 0 Å². The molecule has 1 aromatic carbocycles. The predicted molar refractivity (Wildman–Crippen MR) is 118 cm³/mol. The molecule has 3 amide bonds. The number of hydrogen-bond donors (Lipinski definition) is 3. The Balaban J connectivity index is 1.20. The van der Waals surface area contributed by atoms with Gasteiger partial charge in [-0.2, -0.15) is 0 Å². The molecule has 182 valence electrons. The summed E-state index contributed by atoms with van der Waals surface area (Å²) in [6.45, 7) is 0.504. The number of methoxy groups -OCH3 is 1. The van der Waals surface area contributed by atoms with E-state index in [9.17, 15) is 23.1 Å². The Labute approximate surface area is 192 Å². The number of rotatable bonds is 6. The van der Waals surface area contributed by atoms with Gasteiger partial charge in [0.1, 0.15) is 24.1 Å². The standard InChI is InChI=1S/C21H29N3O8S/c1-30-14-4-2-13(3-5-14)23-21(27)22-12-17-19(26)20-16(32-17)10-15(31-20)11-18(25)24-6-8-33(28,29)9-7-24/h2-5,15-17,19-20,26H,6-12H2,1H3,(H2,22,23,27)/t15-,16+,17+,19+,20-/m0/s1. The van der Waals surface area contributed by atoms with Crippen LogP contribution < -0.4 is 15.4 Å². The van der Waals surface area contributed by atoms with Crippen molar-refractivity contribution in [1.82, 2.24) is 10.2 Å². The fourth-order valence-corrected chi connectivity index (χ4v) is 5.54. The minimum atomic E-state index is -3.05. The number of amides is 3. The number of carbonyl (C=O) groups is 2. The normalized spacial score (nSPS) is 30.5. The highest BCUT2D eigenvalue weighted by Gasteiger charge is 2.50. The van der Waals surface area contributed by atoms with Gasteiger partial charge in [-0.15, -0.1) is 0 Å². The summed E-state index contributed by atoms with van der Waals surface area (Å²) in [6, 6.07) is 6.45. The number of aliphatic hydroxyl groups excluding tert-OH is 1. The number of carbonyl (C=O) groups excluding carboxylic acids is 2. The molecule has 4 rings (SSSR count). The van der Waals surface area contributed by atoms with Gasteiger partial charge in [0, 0.05) is 31.7 Å². The average Bonchev–Trinajstić information content (AvgIpc) is 3.30. The van der Waals surface area contributed by atoms with Gasteiger partial charge in [0.15, 0.2) is 9.84 Å². The van der Waals surface area contributed by atoms with Gasteiger partial charge >= 0.3 is 6.03 Å². The Bertz CT molecular complexity index is 956. The van der Waals surface area contributed by atoms with Crippen molar-refractivity contribution >= 4 is 27.5 Å². The van der Waals surface area contributed by atoms with E-state index in [0.717, 1.165) is 0 Å². The van der Waals surface area contributed by atoms with Crippen LogP contribution in [-0.4, -0.2) is 99.1 Å². The number of aliphatic hydroxyl groups is 1. The Morgan fingerprint density at radius 3 is 2.52 bits per heavy atom. The Kier molecular flexibility index (Phi) is 7.07. The summed E-state index contributed by atoms with van der Waals surface area (Å²) in [6.07, 6.45) is -2.31. The molecule has 11 nitrogen and oxygen atoms in total. The van der Waals surface area contributed by atoms with Gasteiger partial charge < -0.3 is 34.9 Å². The van der Waals surface area contributed by atoms with E-state index in [2.05, 4.69) is 10.6 Å². The van der Waals surface area contributed by atoms with Gasteiger partial charge in [0.2, 0.25) is 5.91 Å². The van der Waals surface area contributed by atoms with Gasteiger partial charge in [-0.05, 0) is 24.3 Å². The van der Waals surface area contributed by atoms with Crippen molar-refractivity contribution < 1.29 is 37.3 Å². The molecule has 3 aliphatic rings. The maximum atomic E-state index is 12.5. The van der Waals surface area contributed by atoms with Crippen molar-refractivity contribution in [3.05, 3.63) is 24.3 Å². The molecule has 3 N–H and O–H groups in total. The summed E-state index contributed by atoms with van der Waals surface area (Å²) >= 11 is 0. The first-order valence-electron chi connectivity index (χ1n) is 10.9. The van der Waals surface area contributed by atoms with E-state index < -0.39 is 40.3 Å². The second kappa shape index (κ2) is 9.84. The summed E-state index contributed by atoms with van der Waals surface area (Å²) in [5, 5.41) is 16.0. The van der Waals surface area contributed by atoms with Crippen LogP contribution in [0.25, 0.3) is 0 Å². The number of nitrogens with one attached hydrogen (secondary N) is 2. The SMILES string of the molecule is COc1ccc(NC(=O)NC[C@H]2O[C@@H]3C[C@@H](CC(=O)N4CCS(=O)(=O)CC4)O[C@@H]3[C@@H]2O)cc1. The smallest absolute Gasteiger partial charge is 0.319 e. The molecule has 5 atom stereocenters. The molecular weight excluding hydrogens is 454 g/mol. The lowest BCUT2D eigenvalue weighted by atomic mass is 10.1. The molecule has 0 unspecified atom stereocenters. The number of ether oxygens (including phenoxy) is 3. The predicted octanol–water partition coefficient (Wildman–Crippen LogP) is -0.250. The van der Waals surface area contributed by atoms with Crippen LogP contribution in [0.3, 0.4) is 0 Å². The number of urea groups is 1. The van der Waals surface area contributed by atoms with E-state index in [-0.39, 0.29) is 49.6 Å². The van der Waals surface area contributed by atoms with Crippen molar-refractivity contribution in [1.29, 1.82) is 0 Å². The van der Waals surface area contributed by atoms with Crippen molar-refractivity contribution in [3.8, 4) is 5.75 Å². The maximum Gasteiger partial charge on any atom is 0.319 e. The fourth-order valence-electron chi connectivity index (χ4n) is 4.34. The molecular formula is C21H29N3O8S. The molecule has 3 heterocycles.